The van der Waals surface area contributed by atoms with Crippen LogP contribution < -0.4 is 4.74 Å². The zero-order valence-electron chi connectivity index (χ0n) is 7.38. The van der Waals surface area contributed by atoms with Crippen LogP contribution in [0, 0.1) is 11.3 Å². The quantitative estimate of drug-likeness (QED) is 0.712. The highest BCUT2D eigenvalue weighted by molar-refractivity contribution is 5.40. The van der Waals surface area contributed by atoms with Gasteiger partial charge in [0.15, 0.2) is 0 Å². The van der Waals surface area contributed by atoms with Crippen molar-refractivity contribution >= 4 is 0 Å². The summed E-state index contributed by atoms with van der Waals surface area (Å²) in [4.78, 5) is 0. The van der Waals surface area contributed by atoms with Crippen molar-refractivity contribution < 1.29 is 9.13 Å². The molecule has 0 aromatic heterocycles. The summed E-state index contributed by atoms with van der Waals surface area (Å²) in [7, 11) is 1.49. The Kier molecular flexibility index (Phi) is 3.27. The molecule has 1 rings (SSSR count). The van der Waals surface area contributed by atoms with E-state index in [-0.39, 0.29) is 6.42 Å². The maximum atomic E-state index is 12.6. The molecule has 1 aromatic carbocycles. The molecule has 2 nitrogen and oxygen atoms in total. The topological polar surface area (TPSA) is 33.0 Å². The molecule has 0 N–H and O–H groups in total. The summed E-state index contributed by atoms with van der Waals surface area (Å²) in [5, 5.41) is 8.49. The highest BCUT2D eigenvalue weighted by atomic mass is 19.1. The summed E-state index contributed by atoms with van der Waals surface area (Å²) in [6.45, 7) is -0.596. The number of alkyl halides is 1. The molecule has 68 valence electrons. The third-order valence-electron chi connectivity index (χ3n) is 1.85. The molecule has 0 radical (unpaired) electrons. The monoisotopic (exact) mass is 179 g/mol. The van der Waals surface area contributed by atoms with Crippen LogP contribution >= 0.6 is 0 Å². The molecule has 0 unspecified atom stereocenters. The molecule has 0 amide bonds. The van der Waals surface area contributed by atoms with Crippen LogP contribution in [0.3, 0.4) is 0 Å². The third-order valence-corrected chi connectivity index (χ3v) is 1.85. The van der Waals surface area contributed by atoms with E-state index >= 15 is 0 Å². The Bertz CT molecular complexity index is 330. The number of nitriles is 1. The van der Waals surface area contributed by atoms with Gasteiger partial charge in [-0.25, -0.2) is 4.39 Å². The fraction of sp³-hybridized carbons (Fsp3) is 0.300. The van der Waals surface area contributed by atoms with E-state index in [2.05, 4.69) is 0 Å². The average molecular weight is 179 g/mol. The first-order valence-electron chi connectivity index (χ1n) is 3.91. The molecular weight excluding hydrogens is 169 g/mol. The van der Waals surface area contributed by atoms with Gasteiger partial charge < -0.3 is 4.74 Å². The maximum Gasteiger partial charge on any atom is 0.124 e. The fourth-order valence-electron chi connectivity index (χ4n) is 1.20. The van der Waals surface area contributed by atoms with Crippen LogP contribution in [0.15, 0.2) is 18.2 Å². The summed E-state index contributed by atoms with van der Waals surface area (Å²) in [5.74, 6) is 0.509. The molecule has 0 aliphatic carbocycles. The minimum atomic E-state index is -0.596. The molecular formula is C10H10FNO. The molecule has 0 atom stereocenters. The number of rotatable bonds is 3. The lowest BCUT2D eigenvalue weighted by Gasteiger charge is -2.08. The van der Waals surface area contributed by atoms with Gasteiger partial charge in [0.25, 0.3) is 0 Å². The van der Waals surface area contributed by atoms with Crippen LogP contribution in [0.5, 0.6) is 5.75 Å². The zero-order chi connectivity index (χ0) is 9.68. The molecule has 0 fully saturated rings. The third kappa shape index (κ3) is 1.97. The number of methoxy groups -OCH3 is 1. The number of hydrogen-bond donors (Lipinski definition) is 0. The maximum absolute atomic E-state index is 12.6. The lowest BCUT2D eigenvalue weighted by atomic mass is 10.1. The first-order valence-corrected chi connectivity index (χ1v) is 3.91. The van der Waals surface area contributed by atoms with Gasteiger partial charge in [-0.1, -0.05) is 12.1 Å². The molecule has 0 saturated carbocycles. The van der Waals surface area contributed by atoms with E-state index in [4.69, 9.17) is 10.00 Å². The van der Waals surface area contributed by atoms with E-state index in [1.165, 1.54) is 7.11 Å². The van der Waals surface area contributed by atoms with Crippen LogP contribution in [0.25, 0.3) is 0 Å². The second-order valence-corrected chi connectivity index (χ2v) is 2.57. The van der Waals surface area contributed by atoms with Crippen LogP contribution in [0.1, 0.15) is 11.1 Å². The summed E-state index contributed by atoms with van der Waals surface area (Å²) in [6, 6.07) is 7.17. The zero-order valence-corrected chi connectivity index (χ0v) is 7.38. The van der Waals surface area contributed by atoms with E-state index in [0.717, 1.165) is 0 Å². The lowest BCUT2D eigenvalue weighted by Crippen LogP contribution is -1.95. The Balaban J connectivity index is 3.12. The minimum absolute atomic E-state index is 0.219. The van der Waals surface area contributed by atoms with E-state index in [0.29, 0.717) is 16.9 Å². The molecule has 0 saturated heterocycles. The predicted molar refractivity (Wildman–Crippen MR) is 47.1 cm³/mol. The Morgan fingerprint density at radius 2 is 2.31 bits per heavy atom. The summed E-state index contributed by atoms with van der Waals surface area (Å²) < 4.78 is 17.5. The van der Waals surface area contributed by atoms with Gasteiger partial charge in [-0.05, 0) is 11.6 Å². The van der Waals surface area contributed by atoms with Crippen molar-refractivity contribution in [3.63, 3.8) is 0 Å². The number of ether oxygens (including phenoxy) is 1. The molecule has 0 aliphatic heterocycles. The molecule has 0 aliphatic rings. The average Bonchev–Trinajstić information content (AvgIpc) is 2.18. The lowest BCUT2D eigenvalue weighted by molar-refractivity contribution is 0.393. The van der Waals surface area contributed by atoms with E-state index in [1.54, 1.807) is 18.2 Å². The smallest absolute Gasteiger partial charge is 0.124 e. The Morgan fingerprint density at radius 1 is 1.54 bits per heavy atom. The Labute approximate surface area is 76.6 Å². The van der Waals surface area contributed by atoms with Crippen LogP contribution in [0.2, 0.25) is 0 Å². The molecule has 3 heteroatoms. The molecule has 0 spiro atoms. The van der Waals surface area contributed by atoms with Crippen molar-refractivity contribution in [3.05, 3.63) is 29.3 Å². The molecule has 0 bridgehead atoms. The molecule has 13 heavy (non-hydrogen) atoms. The van der Waals surface area contributed by atoms with E-state index in [1.807, 2.05) is 6.07 Å². The predicted octanol–water partition coefficient (Wildman–Crippen LogP) is 2.23. The van der Waals surface area contributed by atoms with Crippen molar-refractivity contribution in [1.82, 2.24) is 0 Å². The Hall–Kier alpha value is -1.56. The Morgan fingerprint density at radius 3 is 2.85 bits per heavy atom. The first-order chi connectivity index (χ1) is 6.33. The normalized spacial score (nSPS) is 9.31. The van der Waals surface area contributed by atoms with Gasteiger partial charge in [0.1, 0.15) is 12.4 Å². The summed E-state index contributed by atoms with van der Waals surface area (Å²) >= 11 is 0. The molecule has 1 aromatic rings. The largest absolute Gasteiger partial charge is 0.496 e. The van der Waals surface area contributed by atoms with Gasteiger partial charge >= 0.3 is 0 Å². The summed E-state index contributed by atoms with van der Waals surface area (Å²) in [6.07, 6.45) is 0.219. The SMILES string of the molecule is COc1cccc(CC#N)c1CF. The van der Waals surface area contributed by atoms with Gasteiger partial charge in [-0.2, -0.15) is 5.26 Å². The van der Waals surface area contributed by atoms with Crippen molar-refractivity contribution in [3.8, 4) is 11.8 Å². The van der Waals surface area contributed by atoms with Gasteiger partial charge in [0.2, 0.25) is 0 Å². The van der Waals surface area contributed by atoms with Crippen molar-refractivity contribution in [2.24, 2.45) is 0 Å². The highest BCUT2D eigenvalue weighted by Gasteiger charge is 2.07. The fourth-order valence-corrected chi connectivity index (χ4v) is 1.20. The molecule has 0 heterocycles. The first kappa shape index (κ1) is 9.53. The van der Waals surface area contributed by atoms with Crippen LogP contribution in [-0.2, 0) is 13.1 Å². The van der Waals surface area contributed by atoms with E-state index in [9.17, 15) is 4.39 Å². The van der Waals surface area contributed by atoms with Crippen LogP contribution in [0.4, 0.5) is 4.39 Å². The highest BCUT2D eigenvalue weighted by Crippen LogP contribution is 2.23. The second-order valence-electron chi connectivity index (χ2n) is 2.57. The minimum Gasteiger partial charge on any atom is -0.496 e. The van der Waals surface area contributed by atoms with Crippen molar-refractivity contribution in [1.29, 1.82) is 5.26 Å². The van der Waals surface area contributed by atoms with Gasteiger partial charge in [-0.15, -0.1) is 0 Å². The second kappa shape index (κ2) is 4.46. The van der Waals surface area contributed by atoms with E-state index < -0.39 is 6.67 Å². The number of nitrogens with zero attached hydrogens (tertiary/aromatic N) is 1. The van der Waals surface area contributed by atoms with Crippen LogP contribution in [-0.4, -0.2) is 7.11 Å². The van der Waals surface area contributed by atoms with Crippen molar-refractivity contribution in [2.45, 2.75) is 13.1 Å². The van der Waals surface area contributed by atoms with Gasteiger partial charge in [0, 0.05) is 5.56 Å². The standard InChI is InChI=1S/C10H10FNO/c1-13-10-4-2-3-8(5-6-12)9(10)7-11/h2-4H,5,7H2,1H3. The summed E-state index contributed by atoms with van der Waals surface area (Å²) in [5.41, 5.74) is 1.18. The van der Waals surface area contributed by atoms with Gasteiger partial charge in [-0.3, -0.25) is 0 Å². The number of halogens is 1. The number of benzene rings is 1. The number of hydrogen-bond acceptors (Lipinski definition) is 2. The van der Waals surface area contributed by atoms with Gasteiger partial charge in [0.05, 0.1) is 19.6 Å². The van der Waals surface area contributed by atoms with Crippen molar-refractivity contribution in [2.75, 3.05) is 7.11 Å².